The van der Waals surface area contributed by atoms with E-state index in [1.807, 2.05) is 18.9 Å². The zero-order valence-electron chi connectivity index (χ0n) is 16.7. The maximum atomic E-state index is 12.6. The van der Waals surface area contributed by atoms with Crippen molar-refractivity contribution >= 4 is 23.4 Å². The van der Waals surface area contributed by atoms with E-state index >= 15 is 0 Å². The van der Waals surface area contributed by atoms with Crippen LogP contribution in [-0.4, -0.2) is 41.1 Å². The van der Waals surface area contributed by atoms with Gasteiger partial charge in [0.25, 0.3) is 0 Å². The lowest BCUT2D eigenvalue weighted by Crippen LogP contribution is -2.45. The van der Waals surface area contributed by atoms with Crippen molar-refractivity contribution in [1.29, 1.82) is 0 Å². The number of alkyl halides is 3. The Bertz CT molecular complexity index is 958. The topological polar surface area (TPSA) is 79.4 Å². The zero-order chi connectivity index (χ0) is 21.6. The average molecular weight is 421 g/mol. The minimum Gasteiger partial charge on any atom is -0.490 e. The highest BCUT2D eigenvalue weighted by molar-refractivity contribution is 6.03. The summed E-state index contributed by atoms with van der Waals surface area (Å²) in [5.41, 5.74) is 0.591. The second-order valence-electron chi connectivity index (χ2n) is 7.68. The molecule has 160 valence electrons. The predicted molar refractivity (Wildman–Crippen MR) is 106 cm³/mol. The standard InChI is InChI=1S/C20H22F3N5O2/c1-10-16-17(28(3)11(2)18(29)26-16)27-19(24-10)25-13-8-15(9-13)30-14-6-4-12(5-7-14)20(21,22)23/h4-7,11,13,15H,8-9H2,1-3H3,(H,26,29)(H,24,25,27)/t11-,13-,15-/m0/s1. The van der Waals surface area contributed by atoms with Gasteiger partial charge < -0.3 is 20.3 Å². The molecule has 1 aliphatic carbocycles. The summed E-state index contributed by atoms with van der Waals surface area (Å²) >= 11 is 0. The Morgan fingerprint density at radius 1 is 1.20 bits per heavy atom. The van der Waals surface area contributed by atoms with Gasteiger partial charge >= 0.3 is 6.18 Å². The Morgan fingerprint density at radius 2 is 1.87 bits per heavy atom. The number of carbonyl (C=O) groups is 1. The summed E-state index contributed by atoms with van der Waals surface area (Å²) in [6.45, 7) is 3.62. The molecule has 1 fully saturated rings. The van der Waals surface area contributed by atoms with E-state index in [9.17, 15) is 18.0 Å². The normalized spacial score (nSPS) is 23.3. The molecular weight excluding hydrogens is 399 g/mol. The highest BCUT2D eigenvalue weighted by atomic mass is 19.4. The molecule has 0 unspecified atom stereocenters. The summed E-state index contributed by atoms with van der Waals surface area (Å²) in [4.78, 5) is 22.8. The number of aromatic nitrogens is 2. The summed E-state index contributed by atoms with van der Waals surface area (Å²) in [6, 6.07) is 4.48. The molecule has 2 N–H and O–H groups in total. The molecule has 1 aromatic carbocycles. The number of anilines is 3. The van der Waals surface area contributed by atoms with E-state index < -0.39 is 11.7 Å². The fraction of sp³-hybridized carbons (Fsp3) is 0.450. The smallest absolute Gasteiger partial charge is 0.416 e. The number of aryl methyl sites for hydroxylation is 1. The number of hydrogen-bond donors (Lipinski definition) is 2. The van der Waals surface area contributed by atoms with Crippen LogP contribution < -0.4 is 20.3 Å². The first-order chi connectivity index (χ1) is 14.1. The molecule has 2 heterocycles. The van der Waals surface area contributed by atoms with Gasteiger partial charge in [0.15, 0.2) is 5.82 Å². The van der Waals surface area contributed by atoms with Crippen LogP contribution in [0.3, 0.4) is 0 Å². The van der Waals surface area contributed by atoms with Crippen molar-refractivity contribution in [1.82, 2.24) is 9.97 Å². The summed E-state index contributed by atoms with van der Waals surface area (Å²) < 4.78 is 43.6. The van der Waals surface area contributed by atoms with Gasteiger partial charge in [-0.1, -0.05) is 0 Å². The van der Waals surface area contributed by atoms with Gasteiger partial charge in [-0.25, -0.2) is 4.98 Å². The van der Waals surface area contributed by atoms with Crippen LogP contribution >= 0.6 is 0 Å². The van der Waals surface area contributed by atoms with E-state index in [-0.39, 0.29) is 24.1 Å². The quantitative estimate of drug-likeness (QED) is 0.785. The fourth-order valence-corrected chi connectivity index (χ4v) is 3.49. The first-order valence-electron chi connectivity index (χ1n) is 9.64. The van der Waals surface area contributed by atoms with Crippen LogP contribution in [0, 0.1) is 6.92 Å². The lowest BCUT2D eigenvalue weighted by molar-refractivity contribution is -0.137. The fourth-order valence-electron chi connectivity index (χ4n) is 3.49. The number of amides is 1. The van der Waals surface area contributed by atoms with Gasteiger partial charge in [-0.05, 0) is 38.1 Å². The van der Waals surface area contributed by atoms with E-state index in [2.05, 4.69) is 20.6 Å². The SMILES string of the molecule is Cc1nc(N[C@H]2C[C@H](Oc3ccc(C(F)(F)F)cc3)C2)nc2c1NC(=O)[C@H](C)N2C. The lowest BCUT2D eigenvalue weighted by atomic mass is 9.89. The molecule has 1 aromatic heterocycles. The van der Waals surface area contributed by atoms with Gasteiger partial charge in [-0.2, -0.15) is 18.2 Å². The van der Waals surface area contributed by atoms with Crippen LogP contribution in [0.4, 0.5) is 30.6 Å². The number of halogens is 3. The number of ether oxygens (including phenoxy) is 1. The van der Waals surface area contributed by atoms with Crippen molar-refractivity contribution in [2.24, 2.45) is 0 Å². The van der Waals surface area contributed by atoms with Gasteiger partial charge in [-0.3, -0.25) is 4.79 Å². The van der Waals surface area contributed by atoms with Gasteiger partial charge in [0, 0.05) is 25.9 Å². The number of carbonyl (C=O) groups excluding carboxylic acids is 1. The largest absolute Gasteiger partial charge is 0.490 e. The minimum atomic E-state index is -4.36. The lowest BCUT2D eigenvalue weighted by Gasteiger charge is -2.37. The molecule has 30 heavy (non-hydrogen) atoms. The van der Waals surface area contributed by atoms with Gasteiger partial charge in [0.05, 0.1) is 11.3 Å². The Kier molecular flexibility index (Phi) is 4.95. The second-order valence-corrected chi connectivity index (χ2v) is 7.68. The molecule has 2 aliphatic rings. The van der Waals surface area contributed by atoms with Crippen LogP contribution in [0.15, 0.2) is 24.3 Å². The summed E-state index contributed by atoms with van der Waals surface area (Å²) in [5.74, 6) is 1.45. The van der Waals surface area contributed by atoms with E-state index in [4.69, 9.17) is 4.74 Å². The monoisotopic (exact) mass is 421 g/mol. The highest BCUT2D eigenvalue weighted by Crippen LogP contribution is 2.34. The predicted octanol–water partition coefficient (Wildman–Crippen LogP) is 3.60. The molecule has 0 spiro atoms. The Labute approximate surface area is 171 Å². The van der Waals surface area contributed by atoms with Gasteiger partial charge in [0.1, 0.15) is 23.6 Å². The summed E-state index contributed by atoms with van der Waals surface area (Å²) in [7, 11) is 1.82. The third-order valence-corrected chi connectivity index (χ3v) is 5.53. The highest BCUT2D eigenvalue weighted by Gasteiger charge is 2.34. The van der Waals surface area contributed by atoms with E-state index in [1.165, 1.54) is 12.1 Å². The summed E-state index contributed by atoms with van der Waals surface area (Å²) in [6.07, 6.45) is -3.07. The third-order valence-electron chi connectivity index (χ3n) is 5.53. The van der Waals surface area contributed by atoms with Crippen LogP contribution in [0.2, 0.25) is 0 Å². The van der Waals surface area contributed by atoms with E-state index in [0.717, 1.165) is 12.1 Å². The molecule has 2 aromatic rings. The number of fused-ring (bicyclic) bond motifs is 1. The van der Waals surface area contributed by atoms with Crippen LogP contribution in [0.5, 0.6) is 5.75 Å². The van der Waals surface area contributed by atoms with Gasteiger partial charge in [0.2, 0.25) is 11.9 Å². The van der Waals surface area contributed by atoms with Crippen molar-refractivity contribution in [3.8, 4) is 5.75 Å². The van der Waals surface area contributed by atoms with Crippen molar-refractivity contribution < 1.29 is 22.7 Å². The van der Waals surface area contributed by atoms with Crippen LogP contribution in [-0.2, 0) is 11.0 Å². The van der Waals surface area contributed by atoms with Crippen molar-refractivity contribution in [3.63, 3.8) is 0 Å². The molecule has 7 nitrogen and oxygen atoms in total. The first kappa shape index (κ1) is 20.2. The first-order valence-corrected chi connectivity index (χ1v) is 9.64. The molecule has 0 radical (unpaired) electrons. The molecule has 0 saturated heterocycles. The molecule has 0 bridgehead atoms. The van der Waals surface area contributed by atoms with E-state index in [0.29, 0.717) is 41.7 Å². The summed E-state index contributed by atoms with van der Waals surface area (Å²) in [5, 5.41) is 6.11. The molecule has 1 saturated carbocycles. The molecule has 4 rings (SSSR count). The molecular formula is C20H22F3N5O2. The number of nitrogens with zero attached hydrogens (tertiary/aromatic N) is 3. The molecule has 10 heteroatoms. The number of likely N-dealkylation sites (N-methyl/N-ethyl adjacent to an activating group) is 1. The Morgan fingerprint density at radius 3 is 2.50 bits per heavy atom. The zero-order valence-corrected chi connectivity index (χ0v) is 16.7. The third kappa shape index (κ3) is 3.86. The number of hydrogen-bond acceptors (Lipinski definition) is 6. The van der Waals surface area contributed by atoms with Crippen molar-refractivity contribution in [2.45, 2.75) is 51.1 Å². The minimum absolute atomic E-state index is 0.0834. The van der Waals surface area contributed by atoms with Crippen LogP contribution in [0.1, 0.15) is 31.0 Å². The molecule has 1 aliphatic heterocycles. The van der Waals surface area contributed by atoms with Crippen molar-refractivity contribution in [2.75, 3.05) is 22.6 Å². The number of benzene rings is 1. The van der Waals surface area contributed by atoms with Crippen LogP contribution in [0.25, 0.3) is 0 Å². The molecule has 1 amide bonds. The van der Waals surface area contributed by atoms with E-state index in [1.54, 1.807) is 6.92 Å². The van der Waals surface area contributed by atoms with Crippen molar-refractivity contribution in [3.05, 3.63) is 35.5 Å². The molecule has 1 atom stereocenters. The Balaban J connectivity index is 1.35. The van der Waals surface area contributed by atoms with Gasteiger partial charge in [-0.15, -0.1) is 0 Å². The number of rotatable bonds is 4. The Hall–Kier alpha value is -3.04. The second kappa shape index (κ2) is 7.33. The maximum Gasteiger partial charge on any atom is 0.416 e. The maximum absolute atomic E-state index is 12.6. The number of nitrogens with one attached hydrogen (secondary N) is 2. The average Bonchev–Trinajstić information content (AvgIpc) is 2.65.